The number of rotatable bonds is 2. The Hall–Kier alpha value is -4.68. The van der Waals surface area contributed by atoms with Crippen molar-refractivity contribution in [2.24, 2.45) is 0 Å². The van der Waals surface area contributed by atoms with Gasteiger partial charge in [0.25, 0.3) is 0 Å². The molecular formula is C52H50. The summed E-state index contributed by atoms with van der Waals surface area (Å²) in [6.45, 7) is 19.4. The first kappa shape index (κ1) is 32.0. The minimum atomic E-state index is -0.351. The smallest absolute Gasteiger partial charge is 0.0620 e. The molecule has 0 fully saturated rings. The quantitative estimate of drug-likeness (QED) is 0.171. The van der Waals surface area contributed by atoms with Crippen LogP contribution in [0, 0.1) is 0 Å². The average molecular weight is 675 g/mol. The predicted molar refractivity (Wildman–Crippen MR) is 218 cm³/mol. The zero-order valence-corrected chi connectivity index (χ0v) is 32.1. The molecule has 3 atom stereocenters. The lowest BCUT2D eigenvalue weighted by atomic mass is 9.69. The second-order valence-corrected chi connectivity index (χ2v) is 18.9. The van der Waals surface area contributed by atoms with Crippen LogP contribution in [0.4, 0.5) is 0 Å². The molecule has 0 heterocycles. The van der Waals surface area contributed by atoms with Crippen molar-refractivity contribution in [3.63, 3.8) is 0 Å². The van der Waals surface area contributed by atoms with E-state index in [4.69, 9.17) is 0 Å². The molecule has 6 aromatic carbocycles. The van der Waals surface area contributed by atoms with E-state index in [1.165, 1.54) is 73.2 Å². The van der Waals surface area contributed by atoms with E-state index in [9.17, 15) is 0 Å². The summed E-state index contributed by atoms with van der Waals surface area (Å²) in [7, 11) is 0. The van der Waals surface area contributed by atoms with Crippen molar-refractivity contribution < 1.29 is 0 Å². The molecule has 0 N–H and O–H groups in total. The first-order valence-electron chi connectivity index (χ1n) is 19.5. The van der Waals surface area contributed by atoms with Crippen LogP contribution in [0.25, 0.3) is 22.3 Å². The van der Waals surface area contributed by atoms with E-state index in [0.717, 1.165) is 6.42 Å². The molecule has 10 rings (SSSR count). The Balaban J connectivity index is 1.19. The van der Waals surface area contributed by atoms with E-state index >= 15 is 0 Å². The highest BCUT2D eigenvalue weighted by Crippen LogP contribution is 2.65. The van der Waals surface area contributed by atoms with E-state index < -0.39 is 0 Å². The van der Waals surface area contributed by atoms with Crippen LogP contribution < -0.4 is 0 Å². The van der Waals surface area contributed by atoms with Crippen molar-refractivity contribution in [3.05, 3.63) is 189 Å². The minimum Gasteiger partial charge on any atom is -0.0620 e. The van der Waals surface area contributed by atoms with Gasteiger partial charge in [0.2, 0.25) is 0 Å². The van der Waals surface area contributed by atoms with Crippen molar-refractivity contribution in [1.29, 1.82) is 0 Å². The molecule has 2 spiro atoms. The van der Waals surface area contributed by atoms with Crippen molar-refractivity contribution in [2.45, 2.75) is 101 Å². The van der Waals surface area contributed by atoms with Crippen LogP contribution in [0.3, 0.4) is 0 Å². The monoisotopic (exact) mass is 674 g/mol. The first-order chi connectivity index (χ1) is 24.8. The van der Waals surface area contributed by atoms with Gasteiger partial charge in [-0.15, -0.1) is 0 Å². The maximum atomic E-state index is 2.61. The third kappa shape index (κ3) is 3.94. The SMILES string of the molecule is CC(c1ccc2c(c1)C1(c3ccccc3-2)c2ccccc2-c2ccc(C(C)(C)C)cc21)c1cccc2c1C(C)(C)CC21CC(C)(C)c2ccccc21. The molecule has 0 aliphatic heterocycles. The highest BCUT2D eigenvalue weighted by molar-refractivity contribution is 5.95. The van der Waals surface area contributed by atoms with Crippen molar-refractivity contribution in [3.8, 4) is 22.3 Å². The third-order valence-corrected chi connectivity index (χ3v) is 13.9. The van der Waals surface area contributed by atoms with Gasteiger partial charge in [-0.25, -0.2) is 0 Å². The van der Waals surface area contributed by atoms with Gasteiger partial charge >= 0.3 is 0 Å². The molecule has 0 radical (unpaired) electrons. The van der Waals surface area contributed by atoms with E-state index in [0.29, 0.717) is 0 Å². The van der Waals surface area contributed by atoms with Crippen LogP contribution in [-0.2, 0) is 27.1 Å². The minimum absolute atomic E-state index is 0.0508. The highest BCUT2D eigenvalue weighted by Gasteiger charge is 2.57. The molecule has 52 heavy (non-hydrogen) atoms. The van der Waals surface area contributed by atoms with Gasteiger partial charge < -0.3 is 0 Å². The van der Waals surface area contributed by atoms with Gasteiger partial charge in [0.05, 0.1) is 5.41 Å². The highest BCUT2D eigenvalue weighted by atomic mass is 14.6. The second-order valence-electron chi connectivity index (χ2n) is 18.9. The molecule has 258 valence electrons. The van der Waals surface area contributed by atoms with Gasteiger partial charge in [0.1, 0.15) is 0 Å². The number of benzene rings is 6. The molecule has 0 aromatic heterocycles. The van der Waals surface area contributed by atoms with Crippen LogP contribution in [0.2, 0.25) is 0 Å². The molecule has 3 unspecified atom stereocenters. The molecule has 4 aliphatic rings. The van der Waals surface area contributed by atoms with Gasteiger partial charge in [0, 0.05) is 11.3 Å². The molecule has 0 saturated heterocycles. The predicted octanol–water partition coefficient (Wildman–Crippen LogP) is 13.1. The van der Waals surface area contributed by atoms with Gasteiger partial charge in [-0.2, -0.15) is 0 Å². The topological polar surface area (TPSA) is 0 Å². The Morgan fingerprint density at radius 3 is 1.65 bits per heavy atom. The average Bonchev–Trinajstić information content (AvgIpc) is 3.76. The molecule has 0 bridgehead atoms. The lowest BCUT2D eigenvalue weighted by Gasteiger charge is -2.32. The Morgan fingerprint density at radius 2 is 1.00 bits per heavy atom. The lowest BCUT2D eigenvalue weighted by Crippen LogP contribution is -2.27. The van der Waals surface area contributed by atoms with Crippen molar-refractivity contribution in [2.75, 3.05) is 0 Å². The van der Waals surface area contributed by atoms with Crippen molar-refractivity contribution >= 4 is 0 Å². The molecule has 0 heteroatoms. The number of hydrogen-bond acceptors (Lipinski definition) is 0. The molecule has 0 amide bonds. The summed E-state index contributed by atoms with van der Waals surface area (Å²) >= 11 is 0. The Labute approximate surface area is 311 Å². The van der Waals surface area contributed by atoms with E-state index in [2.05, 4.69) is 183 Å². The number of hydrogen-bond donors (Lipinski definition) is 0. The fraction of sp³-hybridized carbons (Fsp3) is 0.308. The molecule has 4 aliphatic carbocycles. The standard InChI is InChI=1S/C52H50/c1-32(35-18-15-23-44-47(35)50(7,8)31-51(44)30-49(5,6)42-21-13-14-22-43(42)51)33-24-26-38-36-16-9-11-19-40(36)52(45(38)28-33)41-20-12-10-17-37(41)39-27-25-34(29-46(39)52)48(2,3)4/h9-29,32H,30-31H2,1-8H3. The van der Waals surface area contributed by atoms with E-state index in [1.54, 1.807) is 16.7 Å². The molecule has 6 aromatic rings. The second kappa shape index (κ2) is 10.3. The van der Waals surface area contributed by atoms with Gasteiger partial charge in [-0.05, 0) is 113 Å². The van der Waals surface area contributed by atoms with Gasteiger partial charge in [0.15, 0.2) is 0 Å². The first-order valence-corrected chi connectivity index (χ1v) is 19.5. The largest absolute Gasteiger partial charge is 0.0725 e. The van der Waals surface area contributed by atoms with Crippen LogP contribution >= 0.6 is 0 Å². The molecular weight excluding hydrogens is 625 g/mol. The summed E-state index contributed by atoms with van der Waals surface area (Å²) in [4.78, 5) is 0. The Morgan fingerprint density at radius 1 is 0.481 bits per heavy atom. The van der Waals surface area contributed by atoms with Gasteiger partial charge in [-0.3, -0.25) is 0 Å². The van der Waals surface area contributed by atoms with Crippen LogP contribution in [0.1, 0.15) is 135 Å². The van der Waals surface area contributed by atoms with Gasteiger partial charge in [-0.1, -0.05) is 183 Å². The Kier molecular flexibility index (Phi) is 6.31. The van der Waals surface area contributed by atoms with Crippen molar-refractivity contribution in [1.82, 2.24) is 0 Å². The normalized spacial score (nSPS) is 22.8. The van der Waals surface area contributed by atoms with E-state index in [-0.39, 0.29) is 33.0 Å². The lowest BCUT2D eigenvalue weighted by molar-refractivity contribution is 0.349. The molecule has 0 nitrogen and oxygen atoms in total. The third-order valence-electron chi connectivity index (χ3n) is 13.9. The summed E-state index contributed by atoms with van der Waals surface area (Å²) in [5.41, 5.74) is 21.7. The maximum absolute atomic E-state index is 2.61. The zero-order chi connectivity index (χ0) is 36.0. The van der Waals surface area contributed by atoms with Crippen LogP contribution in [0.15, 0.2) is 127 Å². The van der Waals surface area contributed by atoms with Crippen LogP contribution in [-0.4, -0.2) is 0 Å². The fourth-order valence-electron chi connectivity index (χ4n) is 11.9. The van der Waals surface area contributed by atoms with Crippen LogP contribution in [0.5, 0.6) is 0 Å². The van der Waals surface area contributed by atoms with E-state index in [1.807, 2.05) is 0 Å². The Bertz CT molecular complexity index is 2470. The summed E-state index contributed by atoms with van der Waals surface area (Å²) in [6.07, 6.45) is 2.33. The summed E-state index contributed by atoms with van der Waals surface area (Å²) in [5.74, 6) is 0.247. The summed E-state index contributed by atoms with van der Waals surface area (Å²) in [5, 5.41) is 0. The molecule has 0 saturated carbocycles. The summed E-state index contributed by atoms with van der Waals surface area (Å²) in [6, 6.07) is 49.9. The number of fused-ring (bicyclic) bond motifs is 14. The maximum Gasteiger partial charge on any atom is 0.0725 e. The zero-order valence-electron chi connectivity index (χ0n) is 32.1. The summed E-state index contributed by atoms with van der Waals surface area (Å²) < 4.78 is 0. The fourth-order valence-corrected chi connectivity index (χ4v) is 11.9.